The lowest BCUT2D eigenvalue weighted by Crippen LogP contribution is -2.42. The molecule has 34 heavy (non-hydrogen) atoms. The van der Waals surface area contributed by atoms with Gasteiger partial charge >= 0.3 is 6.09 Å². The molecule has 0 aliphatic carbocycles. The van der Waals surface area contributed by atoms with E-state index in [0.29, 0.717) is 17.8 Å². The lowest BCUT2D eigenvalue weighted by Gasteiger charge is -2.33. The number of aromatic nitrogens is 3. The Morgan fingerprint density at radius 2 is 1.97 bits per heavy atom. The fourth-order valence-electron chi connectivity index (χ4n) is 4.03. The second-order valence-corrected chi connectivity index (χ2v) is 8.90. The van der Waals surface area contributed by atoms with Gasteiger partial charge in [-0.3, -0.25) is 14.8 Å². The molecule has 178 valence electrons. The van der Waals surface area contributed by atoms with E-state index in [9.17, 15) is 14.0 Å². The Bertz CT molecular complexity index is 1190. The van der Waals surface area contributed by atoms with Crippen LogP contribution in [0.2, 0.25) is 0 Å². The summed E-state index contributed by atoms with van der Waals surface area (Å²) in [5.41, 5.74) is 1.10. The lowest BCUT2D eigenvalue weighted by molar-refractivity contribution is 0.0259. The average Bonchev–Trinajstić information content (AvgIpc) is 3.31. The SMILES string of the molecule is CN(C)C[C@@H](OC(=O)N1Cc2c(NC(=O)c3ncccc3F)n[nH]c2C1(C)C)c1ccccc1. The number of aromatic amines is 1. The highest BCUT2D eigenvalue weighted by Gasteiger charge is 2.45. The highest BCUT2D eigenvalue weighted by molar-refractivity contribution is 6.03. The summed E-state index contributed by atoms with van der Waals surface area (Å²) >= 11 is 0. The van der Waals surface area contributed by atoms with E-state index < -0.39 is 29.5 Å². The normalized spacial score (nSPS) is 15.2. The summed E-state index contributed by atoms with van der Waals surface area (Å²) in [5.74, 6) is -1.23. The van der Waals surface area contributed by atoms with Crippen molar-refractivity contribution >= 4 is 17.8 Å². The maximum Gasteiger partial charge on any atom is 0.411 e. The maximum absolute atomic E-state index is 14.0. The molecule has 0 unspecified atom stereocenters. The number of hydrogen-bond donors (Lipinski definition) is 2. The third-order valence-corrected chi connectivity index (χ3v) is 5.84. The Kier molecular flexibility index (Phi) is 6.34. The number of hydrogen-bond acceptors (Lipinski definition) is 6. The molecule has 1 aromatic carbocycles. The molecule has 2 amide bonds. The minimum absolute atomic E-state index is 0.168. The first-order chi connectivity index (χ1) is 16.2. The number of carbonyl (C=O) groups is 2. The van der Waals surface area contributed by atoms with Gasteiger partial charge in [0.15, 0.2) is 17.3 Å². The summed E-state index contributed by atoms with van der Waals surface area (Å²) in [6.07, 6.45) is 0.395. The van der Waals surface area contributed by atoms with Crippen molar-refractivity contribution in [3.8, 4) is 0 Å². The van der Waals surface area contributed by atoms with Crippen LogP contribution in [0.5, 0.6) is 0 Å². The molecule has 3 aromatic rings. The van der Waals surface area contributed by atoms with Gasteiger partial charge in [0.1, 0.15) is 6.10 Å². The largest absolute Gasteiger partial charge is 0.440 e. The van der Waals surface area contributed by atoms with E-state index in [1.165, 1.54) is 12.3 Å². The van der Waals surface area contributed by atoms with Gasteiger partial charge in [0, 0.05) is 18.3 Å². The number of fused-ring (bicyclic) bond motifs is 1. The van der Waals surface area contributed by atoms with Gasteiger partial charge in [-0.2, -0.15) is 5.10 Å². The number of benzene rings is 1. The third kappa shape index (κ3) is 4.49. The van der Waals surface area contributed by atoms with Crippen LogP contribution >= 0.6 is 0 Å². The number of nitrogens with zero attached hydrogens (tertiary/aromatic N) is 4. The number of ether oxygens (including phenoxy) is 1. The lowest BCUT2D eigenvalue weighted by atomic mass is 10.0. The Balaban J connectivity index is 1.53. The standard InChI is InChI=1S/C24H27FN6O3/c1-24(2)20-16(21(29-28-20)27-22(32)19-17(25)11-8-12-26-19)13-31(24)23(33)34-18(14-30(3)4)15-9-6-5-7-10-15/h5-12,18H,13-14H2,1-4H3,(H2,27,28,29,32)/t18-/m1/s1. The van der Waals surface area contributed by atoms with Crippen LogP contribution in [-0.4, -0.2) is 57.6 Å². The van der Waals surface area contributed by atoms with Gasteiger partial charge < -0.3 is 15.0 Å². The number of carbonyl (C=O) groups excluding carboxylic acids is 2. The van der Waals surface area contributed by atoms with Crippen molar-refractivity contribution in [3.05, 3.63) is 77.0 Å². The van der Waals surface area contributed by atoms with Crippen molar-refractivity contribution in [2.24, 2.45) is 0 Å². The van der Waals surface area contributed by atoms with E-state index in [4.69, 9.17) is 4.74 Å². The van der Waals surface area contributed by atoms with Crippen LogP contribution in [0.4, 0.5) is 15.0 Å². The van der Waals surface area contributed by atoms with Crippen molar-refractivity contribution in [2.45, 2.75) is 32.0 Å². The molecular weight excluding hydrogens is 439 g/mol. The molecule has 0 bridgehead atoms. The number of H-pyrrole nitrogens is 1. The number of nitrogens with one attached hydrogen (secondary N) is 2. The molecule has 0 fully saturated rings. The number of rotatable bonds is 6. The Hall–Kier alpha value is -3.79. The Labute approximate surface area is 196 Å². The summed E-state index contributed by atoms with van der Waals surface area (Å²) in [4.78, 5) is 33.2. The molecule has 10 heteroatoms. The zero-order chi connectivity index (χ0) is 24.5. The van der Waals surface area contributed by atoms with Crippen LogP contribution in [0.1, 0.15) is 47.3 Å². The van der Waals surface area contributed by atoms with Crippen molar-refractivity contribution in [1.82, 2.24) is 25.0 Å². The predicted molar refractivity (Wildman–Crippen MR) is 124 cm³/mol. The molecule has 1 atom stereocenters. The zero-order valence-electron chi connectivity index (χ0n) is 19.5. The van der Waals surface area contributed by atoms with Crippen LogP contribution in [0.25, 0.3) is 0 Å². The smallest absolute Gasteiger partial charge is 0.411 e. The fraction of sp³-hybridized carbons (Fsp3) is 0.333. The van der Waals surface area contributed by atoms with Gasteiger partial charge in [-0.25, -0.2) is 14.2 Å². The third-order valence-electron chi connectivity index (χ3n) is 5.84. The first kappa shape index (κ1) is 23.4. The van der Waals surface area contributed by atoms with Crippen LogP contribution in [-0.2, 0) is 16.8 Å². The highest BCUT2D eigenvalue weighted by atomic mass is 19.1. The molecule has 0 saturated heterocycles. The van der Waals surface area contributed by atoms with Gasteiger partial charge in [0.25, 0.3) is 5.91 Å². The molecule has 9 nitrogen and oxygen atoms in total. The van der Waals surface area contributed by atoms with Crippen LogP contribution in [0, 0.1) is 5.82 Å². The van der Waals surface area contributed by atoms with Crippen molar-refractivity contribution in [2.75, 3.05) is 26.0 Å². The molecule has 0 radical (unpaired) electrons. The summed E-state index contributed by atoms with van der Waals surface area (Å²) in [6, 6.07) is 12.1. The van der Waals surface area contributed by atoms with E-state index in [-0.39, 0.29) is 18.1 Å². The quantitative estimate of drug-likeness (QED) is 0.574. The summed E-state index contributed by atoms with van der Waals surface area (Å²) in [6.45, 7) is 4.42. The van der Waals surface area contributed by atoms with Crippen molar-refractivity contribution in [1.29, 1.82) is 0 Å². The summed E-state index contributed by atoms with van der Waals surface area (Å²) < 4.78 is 19.9. The molecule has 0 spiro atoms. The molecule has 0 saturated carbocycles. The van der Waals surface area contributed by atoms with Gasteiger partial charge in [-0.05, 0) is 45.6 Å². The molecule has 1 aliphatic rings. The van der Waals surface area contributed by atoms with Gasteiger partial charge in [0.2, 0.25) is 0 Å². The number of pyridine rings is 1. The van der Waals surface area contributed by atoms with Crippen molar-refractivity contribution in [3.63, 3.8) is 0 Å². The van der Waals surface area contributed by atoms with E-state index in [1.54, 1.807) is 4.90 Å². The minimum atomic E-state index is -0.766. The minimum Gasteiger partial charge on any atom is -0.440 e. The Morgan fingerprint density at radius 3 is 2.65 bits per heavy atom. The van der Waals surface area contributed by atoms with E-state index in [1.807, 2.05) is 63.2 Å². The van der Waals surface area contributed by atoms with Crippen LogP contribution < -0.4 is 5.32 Å². The summed E-state index contributed by atoms with van der Waals surface area (Å²) in [7, 11) is 3.83. The number of likely N-dealkylation sites (N-methyl/N-ethyl adjacent to an activating group) is 1. The average molecular weight is 467 g/mol. The molecular formula is C24H27FN6O3. The van der Waals surface area contributed by atoms with Gasteiger partial charge in [-0.1, -0.05) is 30.3 Å². The second kappa shape index (κ2) is 9.22. The monoisotopic (exact) mass is 466 g/mol. The molecule has 3 heterocycles. The maximum atomic E-state index is 14.0. The molecule has 4 rings (SSSR count). The van der Waals surface area contributed by atoms with E-state index in [0.717, 1.165) is 11.6 Å². The summed E-state index contributed by atoms with van der Waals surface area (Å²) in [5, 5.41) is 9.69. The van der Waals surface area contributed by atoms with Crippen LogP contribution in [0.15, 0.2) is 48.7 Å². The second-order valence-electron chi connectivity index (χ2n) is 8.90. The highest BCUT2D eigenvalue weighted by Crippen LogP contribution is 2.41. The van der Waals surface area contributed by atoms with E-state index >= 15 is 0 Å². The van der Waals surface area contributed by atoms with Gasteiger partial charge in [-0.15, -0.1) is 0 Å². The predicted octanol–water partition coefficient (Wildman–Crippen LogP) is 3.69. The van der Waals surface area contributed by atoms with E-state index in [2.05, 4.69) is 20.5 Å². The van der Waals surface area contributed by atoms with Gasteiger partial charge in [0.05, 0.1) is 17.8 Å². The topological polar surface area (TPSA) is 103 Å². The number of halogens is 1. The molecule has 2 N–H and O–H groups in total. The molecule has 1 aliphatic heterocycles. The zero-order valence-corrected chi connectivity index (χ0v) is 19.5. The number of anilines is 1. The fourth-order valence-corrected chi connectivity index (χ4v) is 4.03. The first-order valence-electron chi connectivity index (χ1n) is 10.9. The first-order valence-corrected chi connectivity index (χ1v) is 10.9. The number of amides is 2. The molecule has 2 aromatic heterocycles. The van der Waals surface area contributed by atoms with Crippen LogP contribution in [0.3, 0.4) is 0 Å². The van der Waals surface area contributed by atoms with Crippen molar-refractivity contribution < 1.29 is 18.7 Å². The Morgan fingerprint density at radius 1 is 1.24 bits per heavy atom.